The maximum atomic E-state index is 11.9. The second kappa shape index (κ2) is 8.38. The lowest BCUT2D eigenvalue weighted by Gasteiger charge is -2.29. The van der Waals surface area contributed by atoms with Gasteiger partial charge in [0.2, 0.25) is 11.8 Å². The fraction of sp³-hybridized carbons (Fsp3) is 0.786. The van der Waals surface area contributed by atoms with Crippen molar-refractivity contribution in [3.05, 3.63) is 11.7 Å². The van der Waals surface area contributed by atoms with Crippen LogP contribution in [0.4, 0.5) is 0 Å². The minimum Gasteiger partial charge on any atom is -0.347 e. The maximum Gasteiger partial charge on any atom is 0.246 e. The number of nitrogens with zero attached hydrogens (tertiary/aromatic N) is 3. The fourth-order valence-corrected chi connectivity index (χ4v) is 3.03. The van der Waals surface area contributed by atoms with Crippen molar-refractivity contribution in [3.63, 3.8) is 0 Å². The van der Waals surface area contributed by atoms with Gasteiger partial charge >= 0.3 is 0 Å². The smallest absolute Gasteiger partial charge is 0.246 e. The van der Waals surface area contributed by atoms with Crippen molar-refractivity contribution >= 4 is 17.7 Å². The van der Waals surface area contributed by atoms with Crippen LogP contribution in [0.2, 0.25) is 0 Å². The third-order valence-corrected chi connectivity index (χ3v) is 4.27. The van der Waals surface area contributed by atoms with Crippen molar-refractivity contribution in [2.24, 2.45) is 5.92 Å². The monoisotopic (exact) mass is 312 g/mol. The molecule has 1 aliphatic heterocycles. The fourth-order valence-electron chi connectivity index (χ4n) is 2.66. The lowest BCUT2D eigenvalue weighted by atomic mass is 9.93. The Morgan fingerprint density at radius 2 is 2.43 bits per heavy atom. The minimum absolute atomic E-state index is 0.0628. The van der Waals surface area contributed by atoms with Crippen molar-refractivity contribution in [1.29, 1.82) is 0 Å². The SMILES string of the molecule is CSCc1noc(CNC(=O)CC[C@@H]2CCCN(C)C2)n1. The average molecular weight is 312 g/mol. The van der Waals surface area contributed by atoms with Gasteiger partial charge in [0, 0.05) is 13.0 Å². The molecule has 0 aromatic carbocycles. The van der Waals surface area contributed by atoms with Gasteiger partial charge in [0.1, 0.15) is 0 Å². The zero-order valence-electron chi connectivity index (χ0n) is 12.8. The van der Waals surface area contributed by atoms with Gasteiger partial charge in [-0.25, -0.2) is 0 Å². The molecule has 1 aromatic heterocycles. The summed E-state index contributed by atoms with van der Waals surface area (Å²) >= 11 is 1.64. The summed E-state index contributed by atoms with van der Waals surface area (Å²) in [5.41, 5.74) is 0. The molecule has 2 rings (SSSR count). The summed E-state index contributed by atoms with van der Waals surface area (Å²) in [6.45, 7) is 2.61. The molecular formula is C14H24N4O2S. The van der Waals surface area contributed by atoms with E-state index in [1.165, 1.54) is 19.4 Å². The molecule has 7 heteroatoms. The molecule has 1 aromatic rings. The summed E-state index contributed by atoms with van der Waals surface area (Å²) in [7, 11) is 2.15. The summed E-state index contributed by atoms with van der Waals surface area (Å²) in [6, 6.07) is 0. The number of carbonyl (C=O) groups is 1. The van der Waals surface area contributed by atoms with Crippen LogP contribution in [0.1, 0.15) is 37.4 Å². The van der Waals surface area contributed by atoms with Crippen molar-refractivity contribution in [2.45, 2.75) is 38.0 Å². The second-order valence-corrected chi connectivity index (χ2v) is 6.49. The number of nitrogens with one attached hydrogen (secondary N) is 1. The Balaban J connectivity index is 1.64. The van der Waals surface area contributed by atoms with E-state index in [9.17, 15) is 4.79 Å². The first kappa shape index (κ1) is 16.3. The van der Waals surface area contributed by atoms with Crippen LogP contribution in [0, 0.1) is 5.92 Å². The van der Waals surface area contributed by atoms with Gasteiger partial charge in [-0.15, -0.1) is 0 Å². The number of rotatable bonds is 7. The van der Waals surface area contributed by atoms with Crippen LogP contribution in [0.5, 0.6) is 0 Å². The Labute approximate surface area is 130 Å². The highest BCUT2D eigenvalue weighted by Crippen LogP contribution is 2.19. The normalized spacial score (nSPS) is 19.6. The number of thioether (sulfide) groups is 1. The van der Waals surface area contributed by atoms with E-state index in [1.807, 2.05) is 6.26 Å². The van der Waals surface area contributed by atoms with Crippen LogP contribution in [0.25, 0.3) is 0 Å². The zero-order valence-corrected chi connectivity index (χ0v) is 13.6. The Hall–Kier alpha value is -1.08. The van der Waals surface area contributed by atoms with Crippen molar-refractivity contribution in [2.75, 3.05) is 26.4 Å². The Morgan fingerprint density at radius 3 is 3.19 bits per heavy atom. The molecule has 1 atom stereocenters. The zero-order chi connectivity index (χ0) is 15.1. The van der Waals surface area contributed by atoms with Crippen LogP contribution in [-0.4, -0.2) is 47.3 Å². The van der Waals surface area contributed by atoms with Gasteiger partial charge in [-0.05, 0) is 45.0 Å². The summed E-state index contributed by atoms with van der Waals surface area (Å²) < 4.78 is 5.08. The first-order valence-electron chi connectivity index (χ1n) is 7.43. The van der Waals surface area contributed by atoms with Crippen LogP contribution in [0.15, 0.2) is 4.52 Å². The minimum atomic E-state index is 0.0628. The van der Waals surface area contributed by atoms with Crippen molar-refractivity contribution in [3.8, 4) is 0 Å². The summed E-state index contributed by atoms with van der Waals surface area (Å²) in [5.74, 6) is 2.59. The average Bonchev–Trinajstić information content (AvgIpc) is 2.91. The summed E-state index contributed by atoms with van der Waals surface area (Å²) in [5, 5.41) is 6.70. The van der Waals surface area contributed by atoms with E-state index >= 15 is 0 Å². The molecule has 1 N–H and O–H groups in total. The molecule has 0 saturated carbocycles. The molecule has 6 nitrogen and oxygen atoms in total. The number of carbonyl (C=O) groups excluding carboxylic acids is 1. The third kappa shape index (κ3) is 5.67. The van der Waals surface area contributed by atoms with E-state index in [-0.39, 0.29) is 5.91 Å². The predicted molar refractivity (Wildman–Crippen MR) is 82.8 cm³/mol. The Kier molecular flexibility index (Phi) is 6.50. The first-order valence-corrected chi connectivity index (χ1v) is 8.82. The number of hydrogen-bond donors (Lipinski definition) is 1. The maximum absolute atomic E-state index is 11.9. The Morgan fingerprint density at radius 1 is 1.57 bits per heavy atom. The van der Waals surface area contributed by atoms with Gasteiger partial charge in [-0.1, -0.05) is 5.16 Å². The van der Waals surface area contributed by atoms with Crippen LogP contribution >= 0.6 is 11.8 Å². The van der Waals surface area contributed by atoms with Crippen LogP contribution in [0.3, 0.4) is 0 Å². The van der Waals surface area contributed by atoms with Gasteiger partial charge in [-0.3, -0.25) is 4.79 Å². The highest BCUT2D eigenvalue weighted by molar-refractivity contribution is 7.97. The molecule has 0 bridgehead atoms. The molecular weight excluding hydrogens is 288 g/mol. The molecule has 1 fully saturated rings. The first-order chi connectivity index (χ1) is 10.2. The third-order valence-electron chi connectivity index (χ3n) is 3.72. The van der Waals surface area contributed by atoms with E-state index in [4.69, 9.17) is 4.52 Å². The molecule has 1 saturated heterocycles. The van der Waals surface area contributed by atoms with Crippen LogP contribution < -0.4 is 5.32 Å². The molecule has 2 heterocycles. The van der Waals surface area contributed by atoms with Crippen molar-refractivity contribution < 1.29 is 9.32 Å². The number of aromatic nitrogens is 2. The van der Waals surface area contributed by atoms with Gasteiger partial charge < -0.3 is 14.7 Å². The van der Waals surface area contributed by atoms with E-state index in [0.717, 1.165) is 18.7 Å². The van der Waals surface area contributed by atoms with Gasteiger partial charge in [-0.2, -0.15) is 16.7 Å². The number of likely N-dealkylation sites (tertiary alicyclic amines) is 1. The molecule has 1 aliphatic rings. The Bertz CT molecular complexity index is 452. The van der Waals surface area contributed by atoms with Crippen LogP contribution in [-0.2, 0) is 17.1 Å². The van der Waals surface area contributed by atoms with E-state index in [2.05, 4.69) is 27.4 Å². The van der Waals surface area contributed by atoms with Gasteiger partial charge in [0.05, 0.1) is 12.3 Å². The number of hydrogen-bond acceptors (Lipinski definition) is 6. The van der Waals surface area contributed by atoms with E-state index < -0.39 is 0 Å². The standard InChI is InChI=1S/C14H24N4O2S/c1-18-7-3-4-11(9-18)5-6-13(19)15-8-14-16-12(10-21-2)17-20-14/h11H,3-10H2,1-2H3,(H,15,19)/t11-/m0/s1. The summed E-state index contributed by atoms with van der Waals surface area (Å²) in [4.78, 5) is 18.4. The quantitative estimate of drug-likeness (QED) is 0.826. The molecule has 0 unspecified atom stereocenters. The van der Waals surface area contributed by atoms with Crippen molar-refractivity contribution in [1.82, 2.24) is 20.4 Å². The lowest BCUT2D eigenvalue weighted by Crippen LogP contribution is -2.33. The molecule has 21 heavy (non-hydrogen) atoms. The van der Waals surface area contributed by atoms with E-state index in [0.29, 0.717) is 30.6 Å². The highest BCUT2D eigenvalue weighted by atomic mass is 32.2. The topological polar surface area (TPSA) is 71.3 Å². The second-order valence-electron chi connectivity index (χ2n) is 5.62. The molecule has 0 aliphatic carbocycles. The molecule has 0 spiro atoms. The van der Waals surface area contributed by atoms with Gasteiger partial charge in [0.15, 0.2) is 5.82 Å². The molecule has 118 valence electrons. The number of piperidine rings is 1. The molecule has 0 radical (unpaired) electrons. The largest absolute Gasteiger partial charge is 0.347 e. The lowest BCUT2D eigenvalue weighted by molar-refractivity contribution is -0.121. The van der Waals surface area contributed by atoms with Gasteiger partial charge in [0.25, 0.3) is 0 Å². The van der Waals surface area contributed by atoms with E-state index in [1.54, 1.807) is 11.8 Å². The summed E-state index contributed by atoms with van der Waals surface area (Å²) in [6.07, 6.45) is 5.99. The predicted octanol–water partition coefficient (Wildman–Crippen LogP) is 1.67. The molecule has 1 amide bonds. The number of amides is 1. The highest BCUT2D eigenvalue weighted by Gasteiger charge is 2.18.